The first kappa shape index (κ1) is 9.02. The Bertz CT molecular complexity index is 349. The predicted molar refractivity (Wildman–Crippen MR) is 57.6 cm³/mol. The molecule has 0 spiro atoms. The topological polar surface area (TPSA) is 59.6 Å². The van der Waals surface area contributed by atoms with E-state index in [1.54, 1.807) is 0 Å². The molecule has 0 unspecified atom stereocenters. The van der Waals surface area contributed by atoms with Crippen molar-refractivity contribution in [3.8, 4) is 0 Å². The van der Waals surface area contributed by atoms with E-state index in [0.717, 1.165) is 23.8 Å². The molecule has 1 aromatic rings. The Morgan fingerprint density at radius 1 is 1.36 bits per heavy atom. The Hall–Kier alpha value is -1.55. The van der Waals surface area contributed by atoms with Crippen LogP contribution in [0.3, 0.4) is 0 Å². The van der Waals surface area contributed by atoms with Gasteiger partial charge in [-0.3, -0.25) is 4.99 Å². The number of hydrogen-bond donors (Lipinski definition) is 2. The number of nitrogens with zero attached hydrogens (tertiary/aromatic N) is 1. The monoisotopic (exact) mass is 191 g/mol. The third kappa shape index (κ3) is 2.03. The molecule has 0 aromatic heterocycles. The van der Waals surface area contributed by atoms with Crippen LogP contribution in [0.15, 0.2) is 29.3 Å². The van der Waals surface area contributed by atoms with Crippen molar-refractivity contribution in [3.05, 3.63) is 24.3 Å². The van der Waals surface area contributed by atoms with Gasteiger partial charge in [-0.25, -0.2) is 0 Å². The van der Waals surface area contributed by atoms with Crippen molar-refractivity contribution < 1.29 is 4.74 Å². The van der Waals surface area contributed by atoms with Crippen LogP contribution in [0, 0.1) is 0 Å². The highest BCUT2D eigenvalue weighted by Crippen LogP contribution is 2.16. The molecule has 14 heavy (non-hydrogen) atoms. The number of ether oxygens (including phenoxy) is 1. The van der Waals surface area contributed by atoms with E-state index in [1.165, 1.54) is 0 Å². The maximum atomic E-state index is 5.78. The number of rotatable bonds is 1. The second-order valence-electron chi connectivity index (χ2n) is 3.09. The molecular weight excluding hydrogens is 178 g/mol. The zero-order valence-corrected chi connectivity index (χ0v) is 7.86. The van der Waals surface area contributed by atoms with Gasteiger partial charge >= 0.3 is 0 Å². The summed E-state index contributed by atoms with van der Waals surface area (Å²) in [6.45, 7) is 1.96. The summed E-state index contributed by atoms with van der Waals surface area (Å²) >= 11 is 0. The Labute approximate surface area is 82.8 Å². The van der Waals surface area contributed by atoms with Gasteiger partial charge in [-0.2, -0.15) is 0 Å². The van der Waals surface area contributed by atoms with E-state index in [0.29, 0.717) is 13.2 Å². The van der Waals surface area contributed by atoms with Crippen LogP contribution in [0.2, 0.25) is 0 Å². The average molecular weight is 191 g/mol. The van der Waals surface area contributed by atoms with Crippen molar-refractivity contribution >= 4 is 17.2 Å². The van der Waals surface area contributed by atoms with Gasteiger partial charge in [0.15, 0.2) is 0 Å². The van der Waals surface area contributed by atoms with Crippen LogP contribution < -0.4 is 11.1 Å². The summed E-state index contributed by atoms with van der Waals surface area (Å²) in [7, 11) is 0. The minimum Gasteiger partial charge on any atom is -0.397 e. The Morgan fingerprint density at radius 3 is 2.93 bits per heavy atom. The summed E-state index contributed by atoms with van der Waals surface area (Å²) in [4.78, 5) is 4.29. The number of amidine groups is 1. The van der Waals surface area contributed by atoms with Crippen molar-refractivity contribution in [2.45, 2.75) is 0 Å². The van der Waals surface area contributed by atoms with Gasteiger partial charge in [-0.1, -0.05) is 12.1 Å². The lowest BCUT2D eigenvalue weighted by Gasteiger charge is -2.15. The Kier molecular flexibility index (Phi) is 2.65. The molecule has 1 aliphatic heterocycles. The SMILES string of the molecule is Nc1ccccc1NC1=NCCOC1. The zero-order valence-electron chi connectivity index (χ0n) is 7.86. The van der Waals surface area contributed by atoms with Gasteiger partial charge in [0.05, 0.1) is 24.5 Å². The number of aliphatic imine (C=N–C) groups is 1. The molecule has 0 aliphatic carbocycles. The van der Waals surface area contributed by atoms with Crippen LogP contribution in [-0.4, -0.2) is 25.6 Å². The molecule has 2 rings (SSSR count). The summed E-state index contributed by atoms with van der Waals surface area (Å²) in [5.74, 6) is 0.842. The molecule has 1 aromatic carbocycles. The molecule has 1 aliphatic rings. The maximum Gasteiger partial charge on any atom is 0.127 e. The summed E-state index contributed by atoms with van der Waals surface area (Å²) in [6.07, 6.45) is 0. The van der Waals surface area contributed by atoms with E-state index >= 15 is 0 Å². The summed E-state index contributed by atoms with van der Waals surface area (Å²) in [5, 5.41) is 3.15. The van der Waals surface area contributed by atoms with Gasteiger partial charge in [0.2, 0.25) is 0 Å². The van der Waals surface area contributed by atoms with Crippen LogP contribution in [0.4, 0.5) is 11.4 Å². The number of anilines is 2. The smallest absolute Gasteiger partial charge is 0.127 e. The summed E-state index contributed by atoms with van der Waals surface area (Å²) in [6, 6.07) is 7.61. The number of para-hydroxylation sites is 2. The number of hydrogen-bond acceptors (Lipinski definition) is 4. The molecule has 4 nitrogen and oxygen atoms in total. The van der Waals surface area contributed by atoms with Crippen molar-refractivity contribution in [2.75, 3.05) is 30.8 Å². The van der Waals surface area contributed by atoms with Gasteiger partial charge in [-0.05, 0) is 12.1 Å². The standard InChI is InChI=1S/C10H13N3O/c11-8-3-1-2-4-9(8)13-10-7-14-6-5-12-10/h1-4H,5-7,11H2,(H,12,13). The molecular formula is C10H13N3O. The summed E-state index contributed by atoms with van der Waals surface area (Å²) in [5.41, 5.74) is 7.39. The van der Waals surface area contributed by atoms with E-state index in [9.17, 15) is 0 Å². The number of nitrogen functional groups attached to an aromatic ring is 1. The lowest BCUT2D eigenvalue weighted by atomic mass is 10.2. The third-order valence-corrected chi connectivity index (χ3v) is 2.02. The van der Waals surface area contributed by atoms with E-state index < -0.39 is 0 Å². The van der Waals surface area contributed by atoms with Crippen molar-refractivity contribution in [2.24, 2.45) is 4.99 Å². The van der Waals surface area contributed by atoms with Gasteiger partial charge in [0, 0.05) is 0 Å². The quantitative estimate of drug-likeness (QED) is 0.654. The lowest BCUT2D eigenvalue weighted by molar-refractivity contribution is 0.171. The second-order valence-corrected chi connectivity index (χ2v) is 3.09. The molecule has 0 bridgehead atoms. The Balaban J connectivity index is 2.10. The minimum atomic E-state index is 0.536. The van der Waals surface area contributed by atoms with E-state index in [-0.39, 0.29) is 0 Å². The molecule has 0 fully saturated rings. The molecule has 0 saturated carbocycles. The van der Waals surface area contributed by atoms with E-state index in [4.69, 9.17) is 10.5 Å². The minimum absolute atomic E-state index is 0.536. The van der Waals surface area contributed by atoms with Gasteiger partial charge in [0.25, 0.3) is 0 Å². The molecule has 0 radical (unpaired) electrons. The normalized spacial score (nSPS) is 16.1. The lowest BCUT2D eigenvalue weighted by Crippen LogP contribution is -2.25. The van der Waals surface area contributed by atoms with E-state index in [2.05, 4.69) is 10.3 Å². The first-order valence-electron chi connectivity index (χ1n) is 4.59. The first-order valence-corrected chi connectivity index (χ1v) is 4.59. The Morgan fingerprint density at radius 2 is 2.21 bits per heavy atom. The van der Waals surface area contributed by atoms with Crippen LogP contribution in [-0.2, 0) is 4.74 Å². The van der Waals surface area contributed by atoms with Crippen LogP contribution in [0.5, 0.6) is 0 Å². The van der Waals surface area contributed by atoms with Crippen LogP contribution in [0.1, 0.15) is 0 Å². The second kappa shape index (κ2) is 4.11. The van der Waals surface area contributed by atoms with Gasteiger partial charge < -0.3 is 15.8 Å². The van der Waals surface area contributed by atoms with Crippen LogP contribution >= 0.6 is 0 Å². The zero-order chi connectivity index (χ0) is 9.80. The average Bonchev–Trinajstić information content (AvgIpc) is 2.23. The molecule has 0 saturated heterocycles. The van der Waals surface area contributed by atoms with Crippen LogP contribution in [0.25, 0.3) is 0 Å². The first-order chi connectivity index (χ1) is 6.86. The highest BCUT2D eigenvalue weighted by molar-refractivity contribution is 5.98. The molecule has 4 heteroatoms. The predicted octanol–water partition coefficient (Wildman–Crippen LogP) is 1.11. The third-order valence-electron chi connectivity index (χ3n) is 2.02. The maximum absolute atomic E-state index is 5.78. The van der Waals surface area contributed by atoms with Gasteiger partial charge in [0.1, 0.15) is 12.4 Å². The molecule has 1 heterocycles. The molecule has 0 atom stereocenters. The fourth-order valence-corrected chi connectivity index (χ4v) is 1.30. The van der Waals surface area contributed by atoms with Crippen molar-refractivity contribution in [1.29, 1.82) is 0 Å². The largest absolute Gasteiger partial charge is 0.397 e. The van der Waals surface area contributed by atoms with Crippen molar-refractivity contribution in [3.63, 3.8) is 0 Å². The highest BCUT2D eigenvalue weighted by Gasteiger charge is 2.06. The summed E-state index contributed by atoms with van der Waals surface area (Å²) < 4.78 is 5.26. The molecule has 0 amide bonds. The van der Waals surface area contributed by atoms with Gasteiger partial charge in [-0.15, -0.1) is 0 Å². The fourth-order valence-electron chi connectivity index (χ4n) is 1.30. The number of nitrogens with one attached hydrogen (secondary N) is 1. The number of nitrogens with two attached hydrogens (primary N) is 1. The van der Waals surface area contributed by atoms with E-state index in [1.807, 2.05) is 24.3 Å². The molecule has 74 valence electrons. The number of benzene rings is 1. The highest BCUT2D eigenvalue weighted by atomic mass is 16.5. The van der Waals surface area contributed by atoms with Crippen molar-refractivity contribution in [1.82, 2.24) is 0 Å². The fraction of sp³-hybridized carbons (Fsp3) is 0.300. The molecule has 3 N–H and O–H groups in total.